The number of carbonyl (C=O) groups excluding carboxylic acids is 2. The summed E-state index contributed by atoms with van der Waals surface area (Å²) in [5.74, 6) is -1.74. The molecule has 5 nitrogen and oxygen atoms in total. The summed E-state index contributed by atoms with van der Waals surface area (Å²) in [5.41, 5.74) is 0.536. The lowest BCUT2D eigenvalue weighted by molar-refractivity contribution is -0.141. The van der Waals surface area contributed by atoms with Gasteiger partial charge < -0.3 is 5.11 Å². The second-order valence-electron chi connectivity index (χ2n) is 5.33. The maximum atomic E-state index is 12.4. The summed E-state index contributed by atoms with van der Waals surface area (Å²) in [6, 6.07) is 14.8. The van der Waals surface area contributed by atoms with E-state index in [1.165, 1.54) is 11.8 Å². The van der Waals surface area contributed by atoms with Gasteiger partial charge in [-0.3, -0.25) is 14.5 Å². The van der Waals surface area contributed by atoms with Crippen LogP contribution in [0.3, 0.4) is 0 Å². The van der Waals surface area contributed by atoms with E-state index < -0.39 is 23.8 Å². The number of hydrogen-bond donors (Lipinski definition) is 1. The van der Waals surface area contributed by atoms with E-state index in [2.05, 4.69) is 0 Å². The van der Waals surface area contributed by atoms with Gasteiger partial charge >= 0.3 is 5.97 Å². The molecule has 0 aromatic heterocycles. The maximum Gasteiger partial charge on any atom is 0.326 e. The van der Waals surface area contributed by atoms with Gasteiger partial charge in [-0.1, -0.05) is 30.3 Å². The third kappa shape index (κ3) is 3.05. The lowest BCUT2D eigenvalue weighted by atomic mass is 10.1. The Kier molecular flexibility index (Phi) is 4.66. The van der Waals surface area contributed by atoms with Crippen LogP contribution in [-0.4, -0.2) is 39.6 Å². The first-order chi connectivity index (χ1) is 11.6. The first kappa shape index (κ1) is 16.3. The lowest BCUT2D eigenvalue weighted by Gasteiger charge is -2.22. The zero-order valence-corrected chi connectivity index (χ0v) is 13.5. The molecule has 1 aliphatic rings. The van der Waals surface area contributed by atoms with E-state index in [1.54, 1.807) is 24.3 Å². The Morgan fingerprint density at radius 3 is 2.04 bits per heavy atom. The SMILES string of the molecule is O=C(O)C(CCSc1ccccc1)N1C(=O)c2ccccc2C1=O. The van der Waals surface area contributed by atoms with Gasteiger partial charge in [0, 0.05) is 10.6 Å². The third-order valence-electron chi connectivity index (χ3n) is 3.83. The molecule has 2 aromatic carbocycles. The second-order valence-corrected chi connectivity index (χ2v) is 6.50. The van der Waals surface area contributed by atoms with Gasteiger partial charge in [-0.2, -0.15) is 0 Å². The largest absolute Gasteiger partial charge is 0.480 e. The number of carboxylic acid groups (broad SMARTS) is 1. The highest BCUT2D eigenvalue weighted by molar-refractivity contribution is 7.99. The molecule has 1 unspecified atom stereocenters. The standard InChI is InChI=1S/C18H15NO4S/c20-16-13-8-4-5-9-14(13)17(21)19(16)15(18(22)23)10-11-24-12-6-2-1-3-7-12/h1-9,15H,10-11H2,(H,22,23). The molecule has 0 bridgehead atoms. The molecule has 2 aromatic rings. The molecular formula is C18H15NO4S. The number of rotatable bonds is 6. The molecule has 0 saturated heterocycles. The van der Waals surface area contributed by atoms with E-state index in [9.17, 15) is 19.5 Å². The molecule has 1 aliphatic heterocycles. The van der Waals surface area contributed by atoms with Crippen LogP contribution >= 0.6 is 11.8 Å². The first-order valence-corrected chi connectivity index (χ1v) is 8.45. The summed E-state index contributed by atoms with van der Waals surface area (Å²) in [6.45, 7) is 0. The van der Waals surface area contributed by atoms with Crippen LogP contribution in [-0.2, 0) is 4.79 Å². The van der Waals surface area contributed by atoms with Crippen LogP contribution in [0.4, 0.5) is 0 Å². The summed E-state index contributed by atoms with van der Waals surface area (Å²) in [6.07, 6.45) is 0.195. The van der Waals surface area contributed by atoms with Crippen LogP contribution in [0.1, 0.15) is 27.1 Å². The molecule has 0 radical (unpaired) electrons. The maximum absolute atomic E-state index is 12.4. The summed E-state index contributed by atoms with van der Waals surface area (Å²) in [7, 11) is 0. The number of carbonyl (C=O) groups is 3. The molecule has 6 heteroatoms. The lowest BCUT2D eigenvalue weighted by Crippen LogP contribution is -2.45. The Morgan fingerprint density at radius 2 is 1.50 bits per heavy atom. The fourth-order valence-corrected chi connectivity index (χ4v) is 3.59. The zero-order chi connectivity index (χ0) is 17.1. The molecule has 3 rings (SSSR count). The van der Waals surface area contributed by atoms with Gasteiger partial charge in [-0.05, 0) is 30.7 Å². The normalized spacial score (nSPS) is 14.6. The Balaban J connectivity index is 1.74. The van der Waals surface area contributed by atoms with E-state index in [0.717, 1.165) is 9.80 Å². The Hall–Kier alpha value is -2.60. The van der Waals surface area contributed by atoms with Crippen LogP contribution < -0.4 is 0 Å². The van der Waals surface area contributed by atoms with Crippen molar-refractivity contribution in [1.29, 1.82) is 0 Å². The van der Waals surface area contributed by atoms with Gasteiger partial charge in [0.25, 0.3) is 11.8 Å². The average molecular weight is 341 g/mol. The van der Waals surface area contributed by atoms with Gasteiger partial charge in [0.2, 0.25) is 0 Å². The van der Waals surface area contributed by atoms with Crippen molar-refractivity contribution < 1.29 is 19.5 Å². The van der Waals surface area contributed by atoms with Gasteiger partial charge in [0.05, 0.1) is 11.1 Å². The number of aliphatic carboxylic acids is 1. The molecule has 122 valence electrons. The number of hydrogen-bond acceptors (Lipinski definition) is 4. The average Bonchev–Trinajstić information content (AvgIpc) is 2.84. The fraction of sp³-hybridized carbons (Fsp3) is 0.167. The van der Waals surface area contributed by atoms with Crippen LogP contribution in [0.25, 0.3) is 0 Å². The molecule has 0 spiro atoms. The minimum atomic E-state index is -1.17. The highest BCUT2D eigenvalue weighted by Gasteiger charge is 2.42. The Labute approximate surface area is 143 Å². The number of imide groups is 1. The number of carboxylic acids is 1. The topological polar surface area (TPSA) is 74.7 Å². The van der Waals surface area contributed by atoms with E-state index in [-0.39, 0.29) is 17.5 Å². The molecule has 1 N–H and O–H groups in total. The van der Waals surface area contributed by atoms with Gasteiger partial charge in [-0.25, -0.2) is 4.79 Å². The molecule has 1 atom stereocenters. The van der Waals surface area contributed by atoms with Crippen LogP contribution in [0.15, 0.2) is 59.5 Å². The Bertz CT molecular complexity index is 756. The third-order valence-corrected chi connectivity index (χ3v) is 4.87. The van der Waals surface area contributed by atoms with Gasteiger partial charge in [0.1, 0.15) is 6.04 Å². The summed E-state index contributed by atoms with van der Waals surface area (Å²) < 4.78 is 0. The highest BCUT2D eigenvalue weighted by Crippen LogP contribution is 2.27. The van der Waals surface area contributed by atoms with Crippen LogP contribution in [0.2, 0.25) is 0 Å². The van der Waals surface area contributed by atoms with Crippen molar-refractivity contribution in [3.8, 4) is 0 Å². The van der Waals surface area contributed by atoms with Crippen molar-refractivity contribution >= 4 is 29.5 Å². The monoisotopic (exact) mass is 341 g/mol. The fourth-order valence-electron chi connectivity index (χ4n) is 2.66. The van der Waals surface area contributed by atoms with Gasteiger partial charge in [-0.15, -0.1) is 11.8 Å². The molecule has 0 aliphatic carbocycles. The quantitative estimate of drug-likeness (QED) is 0.646. The number of amides is 2. The number of fused-ring (bicyclic) bond motifs is 1. The first-order valence-electron chi connectivity index (χ1n) is 7.47. The number of benzene rings is 2. The zero-order valence-electron chi connectivity index (χ0n) is 12.7. The van der Waals surface area contributed by atoms with Crippen molar-refractivity contribution in [3.05, 3.63) is 65.7 Å². The van der Waals surface area contributed by atoms with Crippen molar-refractivity contribution in [3.63, 3.8) is 0 Å². The van der Waals surface area contributed by atoms with E-state index in [0.29, 0.717) is 5.75 Å². The number of nitrogens with zero attached hydrogens (tertiary/aromatic N) is 1. The molecule has 0 fully saturated rings. The molecule has 2 amide bonds. The summed E-state index contributed by atoms with van der Waals surface area (Å²) >= 11 is 1.50. The van der Waals surface area contributed by atoms with Crippen molar-refractivity contribution in [2.75, 3.05) is 5.75 Å². The van der Waals surface area contributed by atoms with Crippen molar-refractivity contribution in [2.45, 2.75) is 17.4 Å². The van der Waals surface area contributed by atoms with Crippen molar-refractivity contribution in [2.24, 2.45) is 0 Å². The predicted octanol–water partition coefficient (Wildman–Crippen LogP) is 2.92. The van der Waals surface area contributed by atoms with Gasteiger partial charge in [0.15, 0.2) is 0 Å². The smallest absolute Gasteiger partial charge is 0.326 e. The van der Waals surface area contributed by atoms with Crippen LogP contribution in [0, 0.1) is 0 Å². The number of thioether (sulfide) groups is 1. The van der Waals surface area contributed by atoms with E-state index in [1.807, 2.05) is 30.3 Å². The van der Waals surface area contributed by atoms with Crippen molar-refractivity contribution in [1.82, 2.24) is 4.90 Å². The summed E-state index contributed by atoms with van der Waals surface area (Å²) in [4.78, 5) is 38.3. The van der Waals surface area contributed by atoms with Crippen LogP contribution in [0.5, 0.6) is 0 Å². The molecular weight excluding hydrogens is 326 g/mol. The molecule has 1 heterocycles. The van der Waals surface area contributed by atoms with E-state index >= 15 is 0 Å². The highest BCUT2D eigenvalue weighted by atomic mass is 32.2. The minimum Gasteiger partial charge on any atom is -0.480 e. The minimum absolute atomic E-state index is 0.195. The van der Waals surface area contributed by atoms with E-state index in [4.69, 9.17) is 0 Å². The predicted molar refractivity (Wildman–Crippen MR) is 90.1 cm³/mol. The Morgan fingerprint density at radius 1 is 0.958 bits per heavy atom. The summed E-state index contributed by atoms with van der Waals surface area (Å²) in [5, 5.41) is 9.49. The molecule has 24 heavy (non-hydrogen) atoms. The second kappa shape index (κ2) is 6.88. The molecule has 0 saturated carbocycles.